The lowest BCUT2D eigenvalue weighted by atomic mass is 9.82. The number of methoxy groups -OCH3 is 2. The fraction of sp³-hybridized carbons (Fsp3) is 0.571. The molecule has 2 atom stereocenters. The number of benzene rings is 1. The molecule has 1 aromatic rings. The highest BCUT2D eigenvalue weighted by Gasteiger charge is 2.22. The Morgan fingerprint density at radius 1 is 1.12 bits per heavy atom. The van der Waals surface area contributed by atoms with Crippen LogP contribution < -0.4 is 9.47 Å². The van der Waals surface area contributed by atoms with Crippen molar-refractivity contribution in [3.63, 3.8) is 0 Å². The lowest BCUT2D eigenvalue weighted by Gasteiger charge is -2.26. The van der Waals surface area contributed by atoms with Crippen LogP contribution in [0.25, 0.3) is 0 Å². The van der Waals surface area contributed by atoms with Crippen LogP contribution in [0.3, 0.4) is 0 Å². The van der Waals surface area contributed by atoms with Crippen molar-refractivity contribution in [2.24, 2.45) is 0 Å². The quantitative estimate of drug-likeness (QED) is 0.877. The standard InChI is InChI=1S/C14H20O3/c1-16-13-7-6-11(9-14(13)17-2)10-4-3-5-12(15)8-10/h6-7,9-10,12,15H,3-5,8H2,1-2H3. The van der Waals surface area contributed by atoms with Gasteiger partial charge in [-0.25, -0.2) is 0 Å². The van der Waals surface area contributed by atoms with Crippen molar-refractivity contribution < 1.29 is 14.6 Å². The molecule has 1 aliphatic carbocycles. The SMILES string of the molecule is COc1ccc(C2CCCC(O)C2)cc1OC. The Hall–Kier alpha value is -1.22. The van der Waals surface area contributed by atoms with Gasteiger partial charge in [0, 0.05) is 0 Å². The van der Waals surface area contributed by atoms with Gasteiger partial charge in [0.25, 0.3) is 0 Å². The molecule has 94 valence electrons. The Balaban J connectivity index is 2.20. The second-order valence-electron chi connectivity index (χ2n) is 4.63. The summed E-state index contributed by atoms with van der Waals surface area (Å²) in [4.78, 5) is 0. The molecule has 3 heteroatoms. The third-order valence-corrected chi connectivity index (χ3v) is 3.53. The van der Waals surface area contributed by atoms with E-state index in [1.54, 1.807) is 14.2 Å². The van der Waals surface area contributed by atoms with Crippen LogP contribution in [-0.4, -0.2) is 25.4 Å². The summed E-state index contributed by atoms with van der Waals surface area (Å²) in [6, 6.07) is 6.04. The van der Waals surface area contributed by atoms with Crippen molar-refractivity contribution in [1.82, 2.24) is 0 Å². The summed E-state index contributed by atoms with van der Waals surface area (Å²) < 4.78 is 10.5. The average Bonchev–Trinajstić information content (AvgIpc) is 2.38. The monoisotopic (exact) mass is 236 g/mol. The normalized spacial score (nSPS) is 24.4. The molecule has 0 radical (unpaired) electrons. The van der Waals surface area contributed by atoms with Crippen LogP contribution in [0.4, 0.5) is 0 Å². The van der Waals surface area contributed by atoms with Gasteiger partial charge in [-0.05, 0) is 42.9 Å². The van der Waals surface area contributed by atoms with Crippen LogP contribution >= 0.6 is 0 Å². The molecule has 1 aromatic carbocycles. The summed E-state index contributed by atoms with van der Waals surface area (Å²) >= 11 is 0. The number of aliphatic hydroxyl groups excluding tert-OH is 1. The average molecular weight is 236 g/mol. The van der Waals surface area contributed by atoms with E-state index in [1.807, 2.05) is 12.1 Å². The van der Waals surface area contributed by atoms with Gasteiger partial charge in [-0.15, -0.1) is 0 Å². The van der Waals surface area contributed by atoms with Crippen LogP contribution in [0, 0.1) is 0 Å². The van der Waals surface area contributed by atoms with Crippen LogP contribution in [-0.2, 0) is 0 Å². The molecule has 0 spiro atoms. The van der Waals surface area contributed by atoms with E-state index in [1.165, 1.54) is 5.56 Å². The minimum Gasteiger partial charge on any atom is -0.493 e. The van der Waals surface area contributed by atoms with E-state index in [-0.39, 0.29) is 6.10 Å². The van der Waals surface area contributed by atoms with Crippen LogP contribution in [0.5, 0.6) is 11.5 Å². The minimum absolute atomic E-state index is 0.151. The third kappa shape index (κ3) is 2.72. The van der Waals surface area contributed by atoms with E-state index >= 15 is 0 Å². The van der Waals surface area contributed by atoms with Gasteiger partial charge in [-0.1, -0.05) is 12.5 Å². The summed E-state index contributed by atoms with van der Waals surface area (Å²) in [5, 5.41) is 9.71. The van der Waals surface area contributed by atoms with Crippen molar-refractivity contribution in [2.75, 3.05) is 14.2 Å². The fourth-order valence-electron chi connectivity index (χ4n) is 2.57. The number of aliphatic hydroxyl groups is 1. The second kappa shape index (κ2) is 5.41. The molecule has 1 fully saturated rings. The molecule has 0 amide bonds. The first-order valence-electron chi connectivity index (χ1n) is 6.14. The third-order valence-electron chi connectivity index (χ3n) is 3.53. The Bertz CT molecular complexity index is 376. The van der Waals surface area contributed by atoms with Gasteiger partial charge in [-0.3, -0.25) is 0 Å². The van der Waals surface area contributed by atoms with E-state index in [9.17, 15) is 5.11 Å². The number of hydrogen-bond acceptors (Lipinski definition) is 3. The van der Waals surface area contributed by atoms with Crippen molar-refractivity contribution in [3.05, 3.63) is 23.8 Å². The van der Waals surface area contributed by atoms with Gasteiger partial charge >= 0.3 is 0 Å². The maximum absolute atomic E-state index is 9.71. The van der Waals surface area contributed by atoms with Crippen LogP contribution in [0.2, 0.25) is 0 Å². The van der Waals surface area contributed by atoms with Gasteiger partial charge in [0.15, 0.2) is 11.5 Å². The highest BCUT2D eigenvalue weighted by Crippen LogP contribution is 2.37. The zero-order chi connectivity index (χ0) is 12.3. The van der Waals surface area contributed by atoms with Crippen molar-refractivity contribution in [1.29, 1.82) is 0 Å². The number of rotatable bonds is 3. The molecular weight excluding hydrogens is 216 g/mol. The van der Waals surface area contributed by atoms with E-state index < -0.39 is 0 Å². The molecule has 2 rings (SSSR count). The molecule has 1 aliphatic rings. The van der Waals surface area contributed by atoms with E-state index in [4.69, 9.17) is 9.47 Å². The Morgan fingerprint density at radius 2 is 1.88 bits per heavy atom. The summed E-state index contributed by atoms with van der Waals surface area (Å²) in [5.74, 6) is 1.97. The van der Waals surface area contributed by atoms with E-state index in [0.29, 0.717) is 5.92 Å². The first kappa shape index (κ1) is 12.2. The van der Waals surface area contributed by atoms with Crippen molar-refractivity contribution in [3.8, 4) is 11.5 Å². The summed E-state index contributed by atoms with van der Waals surface area (Å²) in [7, 11) is 3.29. The predicted molar refractivity (Wildman–Crippen MR) is 66.8 cm³/mol. The smallest absolute Gasteiger partial charge is 0.160 e. The maximum atomic E-state index is 9.71. The first-order chi connectivity index (χ1) is 8.24. The van der Waals surface area contributed by atoms with Crippen molar-refractivity contribution >= 4 is 0 Å². The highest BCUT2D eigenvalue weighted by atomic mass is 16.5. The topological polar surface area (TPSA) is 38.7 Å². The predicted octanol–water partition coefficient (Wildman–Crippen LogP) is 2.72. The molecule has 2 unspecified atom stereocenters. The maximum Gasteiger partial charge on any atom is 0.160 e. The highest BCUT2D eigenvalue weighted by molar-refractivity contribution is 5.44. The van der Waals surface area contributed by atoms with Crippen LogP contribution in [0.1, 0.15) is 37.2 Å². The van der Waals surface area contributed by atoms with Crippen LogP contribution in [0.15, 0.2) is 18.2 Å². The number of ether oxygens (including phenoxy) is 2. The Kier molecular flexibility index (Phi) is 3.89. The van der Waals surface area contributed by atoms with E-state index in [2.05, 4.69) is 6.07 Å². The first-order valence-corrected chi connectivity index (χ1v) is 6.14. The molecule has 1 N–H and O–H groups in total. The Labute approximate surface area is 102 Å². The molecule has 0 saturated heterocycles. The molecule has 0 aromatic heterocycles. The summed E-state index contributed by atoms with van der Waals surface area (Å²) in [6.07, 6.45) is 3.88. The molecule has 0 bridgehead atoms. The van der Waals surface area contributed by atoms with Gasteiger partial charge in [0.05, 0.1) is 20.3 Å². The second-order valence-corrected chi connectivity index (χ2v) is 4.63. The molecule has 0 heterocycles. The van der Waals surface area contributed by atoms with E-state index in [0.717, 1.165) is 37.2 Å². The van der Waals surface area contributed by atoms with Crippen molar-refractivity contribution in [2.45, 2.75) is 37.7 Å². The number of hydrogen-bond donors (Lipinski definition) is 1. The largest absolute Gasteiger partial charge is 0.493 e. The molecular formula is C14H20O3. The Morgan fingerprint density at radius 3 is 2.53 bits per heavy atom. The van der Waals surface area contributed by atoms with Gasteiger partial charge in [0.2, 0.25) is 0 Å². The summed E-state index contributed by atoms with van der Waals surface area (Å²) in [5.41, 5.74) is 1.24. The molecule has 3 nitrogen and oxygen atoms in total. The molecule has 0 aliphatic heterocycles. The van der Waals surface area contributed by atoms with Gasteiger partial charge in [-0.2, -0.15) is 0 Å². The zero-order valence-corrected chi connectivity index (χ0v) is 10.5. The van der Waals surface area contributed by atoms with Gasteiger partial charge in [0.1, 0.15) is 0 Å². The van der Waals surface area contributed by atoms with Gasteiger partial charge < -0.3 is 14.6 Å². The lowest BCUT2D eigenvalue weighted by Crippen LogP contribution is -2.18. The fourth-order valence-corrected chi connectivity index (χ4v) is 2.57. The molecule has 17 heavy (non-hydrogen) atoms. The minimum atomic E-state index is -0.151. The molecule has 1 saturated carbocycles. The lowest BCUT2D eigenvalue weighted by molar-refractivity contribution is 0.119. The zero-order valence-electron chi connectivity index (χ0n) is 10.5. The summed E-state index contributed by atoms with van der Waals surface area (Å²) in [6.45, 7) is 0.